The number of ether oxygens (including phenoxy) is 3. The number of nitrogens with zero attached hydrogens (tertiary/aromatic N) is 1. The fraction of sp³-hybridized carbons (Fsp3) is 0.409. The lowest BCUT2D eigenvalue weighted by atomic mass is 10.0. The van der Waals surface area contributed by atoms with E-state index in [1.807, 2.05) is 24.3 Å². The molecule has 0 aromatic heterocycles. The highest BCUT2D eigenvalue weighted by Gasteiger charge is 2.19. The van der Waals surface area contributed by atoms with Gasteiger partial charge in [0.1, 0.15) is 19.0 Å². The van der Waals surface area contributed by atoms with Crippen molar-refractivity contribution in [2.45, 2.75) is 19.3 Å². The van der Waals surface area contributed by atoms with Crippen LogP contribution in [-0.2, 0) is 17.6 Å². The molecule has 0 saturated heterocycles. The van der Waals surface area contributed by atoms with E-state index in [0.717, 1.165) is 54.3 Å². The van der Waals surface area contributed by atoms with Crippen LogP contribution in [0.5, 0.6) is 17.2 Å². The first-order valence-electron chi connectivity index (χ1n) is 9.80. The number of hydrogen-bond acceptors (Lipinski definition) is 5. The Kier molecular flexibility index (Phi) is 5.55. The molecule has 6 heteroatoms. The summed E-state index contributed by atoms with van der Waals surface area (Å²) in [5.74, 6) is 2.49. The van der Waals surface area contributed by atoms with Crippen molar-refractivity contribution in [2.24, 2.45) is 0 Å². The van der Waals surface area contributed by atoms with Crippen LogP contribution in [0.4, 0.5) is 5.69 Å². The van der Waals surface area contributed by atoms with Gasteiger partial charge in [-0.3, -0.25) is 4.79 Å². The van der Waals surface area contributed by atoms with E-state index in [0.29, 0.717) is 26.3 Å². The van der Waals surface area contributed by atoms with Gasteiger partial charge in [0.15, 0.2) is 11.5 Å². The highest BCUT2D eigenvalue weighted by Crippen LogP contribution is 2.31. The van der Waals surface area contributed by atoms with Gasteiger partial charge in [0.2, 0.25) is 5.91 Å². The number of anilines is 1. The number of benzene rings is 2. The quantitative estimate of drug-likeness (QED) is 0.832. The second kappa shape index (κ2) is 8.42. The lowest BCUT2D eigenvalue weighted by Gasteiger charge is -2.31. The molecule has 0 bridgehead atoms. The monoisotopic (exact) mass is 382 g/mol. The van der Waals surface area contributed by atoms with E-state index in [-0.39, 0.29) is 5.91 Å². The van der Waals surface area contributed by atoms with Gasteiger partial charge in [-0.25, -0.2) is 0 Å². The Labute approximate surface area is 165 Å². The van der Waals surface area contributed by atoms with Crippen LogP contribution in [0.1, 0.15) is 17.5 Å². The Morgan fingerprint density at radius 3 is 2.86 bits per heavy atom. The molecule has 2 aromatic rings. The van der Waals surface area contributed by atoms with Crippen molar-refractivity contribution in [3.05, 3.63) is 47.5 Å². The average Bonchev–Trinajstić information content (AvgIpc) is 2.73. The van der Waals surface area contributed by atoms with Crippen molar-refractivity contribution in [3.8, 4) is 17.2 Å². The van der Waals surface area contributed by atoms with E-state index in [1.54, 1.807) is 7.11 Å². The van der Waals surface area contributed by atoms with Crippen LogP contribution in [0.3, 0.4) is 0 Å². The predicted molar refractivity (Wildman–Crippen MR) is 108 cm³/mol. The van der Waals surface area contributed by atoms with Crippen molar-refractivity contribution in [1.82, 2.24) is 5.32 Å². The Morgan fingerprint density at radius 2 is 2.00 bits per heavy atom. The maximum absolute atomic E-state index is 12.4. The summed E-state index contributed by atoms with van der Waals surface area (Å²) in [4.78, 5) is 14.6. The molecular weight excluding hydrogens is 356 g/mol. The first-order valence-corrected chi connectivity index (χ1v) is 9.80. The van der Waals surface area contributed by atoms with Crippen LogP contribution < -0.4 is 24.4 Å². The maximum atomic E-state index is 12.4. The third-order valence-electron chi connectivity index (χ3n) is 5.18. The number of methoxy groups -OCH3 is 1. The molecule has 28 heavy (non-hydrogen) atoms. The van der Waals surface area contributed by atoms with Crippen molar-refractivity contribution < 1.29 is 19.0 Å². The zero-order chi connectivity index (χ0) is 19.3. The van der Waals surface area contributed by atoms with Crippen LogP contribution in [0.2, 0.25) is 0 Å². The number of carbonyl (C=O) groups excluding carboxylic acids is 1. The number of fused-ring (bicyclic) bond motifs is 2. The van der Waals surface area contributed by atoms with Gasteiger partial charge in [-0.05, 0) is 60.7 Å². The van der Waals surface area contributed by atoms with Crippen LogP contribution in [-0.4, -0.2) is 45.9 Å². The molecule has 2 aromatic carbocycles. The van der Waals surface area contributed by atoms with Crippen molar-refractivity contribution >= 4 is 11.6 Å². The summed E-state index contributed by atoms with van der Waals surface area (Å²) in [6, 6.07) is 12.0. The average molecular weight is 382 g/mol. The molecule has 148 valence electrons. The van der Waals surface area contributed by atoms with Gasteiger partial charge >= 0.3 is 0 Å². The topological polar surface area (TPSA) is 60.0 Å². The lowest BCUT2D eigenvalue weighted by Crippen LogP contribution is -2.40. The highest BCUT2D eigenvalue weighted by atomic mass is 16.6. The highest BCUT2D eigenvalue weighted by molar-refractivity contribution is 5.82. The molecule has 0 spiro atoms. The molecule has 6 nitrogen and oxygen atoms in total. The molecule has 0 fully saturated rings. The Hall–Kier alpha value is -2.89. The maximum Gasteiger partial charge on any atom is 0.239 e. The molecule has 2 heterocycles. The van der Waals surface area contributed by atoms with Gasteiger partial charge in [-0.15, -0.1) is 0 Å². The molecule has 0 unspecified atom stereocenters. The number of carbonyl (C=O) groups is 1. The smallest absolute Gasteiger partial charge is 0.239 e. The summed E-state index contributed by atoms with van der Waals surface area (Å²) >= 11 is 0. The van der Waals surface area contributed by atoms with Crippen molar-refractivity contribution in [2.75, 3.05) is 44.9 Å². The third-order valence-corrected chi connectivity index (χ3v) is 5.18. The van der Waals surface area contributed by atoms with Crippen LogP contribution in [0.25, 0.3) is 0 Å². The SMILES string of the molecule is COc1ccc2c(c1)CCCN2CC(=O)NCCc1ccc2c(c1)OCCO2. The Morgan fingerprint density at radius 1 is 1.14 bits per heavy atom. The summed E-state index contributed by atoms with van der Waals surface area (Å²) in [6.07, 6.45) is 2.83. The Balaban J connectivity index is 1.30. The number of amides is 1. The first-order chi connectivity index (χ1) is 13.7. The van der Waals surface area contributed by atoms with Crippen LogP contribution >= 0.6 is 0 Å². The van der Waals surface area contributed by atoms with Gasteiger partial charge in [-0.2, -0.15) is 0 Å². The molecule has 0 radical (unpaired) electrons. The fourth-order valence-corrected chi connectivity index (χ4v) is 3.76. The summed E-state index contributed by atoms with van der Waals surface area (Å²) in [5.41, 5.74) is 3.50. The molecule has 1 N–H and O–H groups in total. The van der Waals surface area contributed by atoms with E-state index >= 15 is 0 Å². The summed E-state index contributed by atoms with van der Waals surface area (Å²) in [5, 5.41) is 3.03. The standard InChI is InChI=1S/C22H26N2O4/c1-26-18-5-6-19-17(14-18)3-2-10-24(19)15-22(25)23-9-8-16-4-7-20-21(13-16)28-12-11-27-20/h4-7,13-14H,2-3,8-12,15H2,1H3,(H,23,25). The van der Waals surface area contributed by atoms with Gasteiger partial charge in [0.25, 0.3) is 0 Å². The molecule has 0 saturated carbocycles. The number of nitrogens with one attached hydrogen (secondary N) is 1. The largest absolute Gasteiger partial charge is 0.497 e. The van der Waals surface area contributed by atoms with E-state index in [1.165, 1.54) is 5.56 Å². The number of rotatable bonds is 6. The molecule has 0 aliphatic carbocycles. The van der Waals surface area contributed by atoms with E-state index in [4.69, 9.17) is 14.2 Å². The summed E-state index contributed by atoms with van der Waals surface area (Å²) in [6.45, 7) is 3.04. The normalized spacial score (nSPS) is 15.0. The second-order valence-corrected chi connectivity index (χ2v) is 7.10. The van der Waals surface area contributed by atoms with E-state index < -0.39 is 0 Å². The summed E-state index contributed by atoms with van der Waals surface area (Å²) in [7, 11) is 1.68. The minimum absolute atomic E-state index is 0.0428. The second-order valence-electron chi connectivity index (χ2n) is 7.10. The van der Waals surface area contributed by atoms with Crippen LogP contribution in [0.15, 0.2) is 36.4 Å². The fourth-order valence-electron chi connectivity index (χ4n) is 3.76. The minimum Gasteiger partial charge on any atom is -0.497 e. The van der Waals surface area contributed by atoms with Gasteiger partial charge in [-0.1, -0.05) is 6.07 Å². The van der Waals surface area contributed by atoms with E-state index in [9.17, 15) is 4.79 Å². The number of hydrogen-bond donors (Lipinski definition) is 1. The van der Waals surface area contributed by atoms with Gasteiger partial charge in [0.05, 0.1) is 13.7 Å². The Bertz CT molecular complexity index is 852. The van der Waals surface area contributed by atoms with Gasteiger partial charge in [0, 0.05) is 18.8 Å². The minimum atomic E-state index is 0.0428. The van der Waals surface area contributed by atoms with Gasteiger partial charge < -0.3 is 24.4 Å². The molecule has 2 aliphatic rings. The molecular formula is C22H26N2O4. The zero-order valence-corrected chi connectivity index (χ0v) is 16.2. The molecule has 2 aliphatic heterocycles. The molecule has 4 rings (SSSR count). The predicted octanol–water partition coefficient (Wildman–Crippen LogP) is 2.58. The third kappa shape index (κ3) is 4.16. The lowest BCUT2D eigenvalue weighted by molar-refractivity contribution is -0.119. The van der Waals surface area contributed by atoms with E-state index in [2.05, 4.69) is 22.3 Å². The molecule has 1 amide bonds. The summed E-state index contributed by atoms with van der Waals surface area (Å²) < 4.78 is 16.5. The first kappa shape index (κ1) is 18.5. The van der Waals surface area contributed by atoms with Crippen LogP contribution in [0, 0.1) is 0 Å². The van der Waals surface area contributed by atoms with Crippen molar-refractivity contribution in [3.63, 3.8) is 0 Å². The number of aryl methyl sites for hydroxylation is 1. The molecule has 0 atom stereocenters. The zero-order valence-electron chi connectivity index (χ0n) is 16.2. The van der Waals surface area contributed by atoms with Crippen molar-refractivity contribution in [1.29, 1.82) is 0 Å².